The molecule has 0 saturated carbocycles. The van der Waals surface area contributed by atoms with E-state index in [0.29, 0.717) is 0 Å². The highest BCUT2D eigenvalue weighted by atomic mass is 35.5. The molecular weight excluding hydrogens is 350 g/mol. The Bertz CT molecular complexity index is 637. The van der Waals surface area contributed by atoms with Crippen LogP contribution in [0, 0.1) is 0 Å². The Morgan fingerprint density at radius 1 is 0.857 bits per heavy atom. The number of hydrogen-bond acceptors (Lipinski definition) is 9. The molecule has 21 heavy (non-hydrogen) atoms. The second kappa shape index (κ2) is 7.13. The van der Waals surface area contributed by atoms with Crippen molar-refractivity contribution < 1.29 is 25.9 Å². The summed E-state index contributed by atoms with van der Waals surface area (Å²) in [6.07, 6.45) is 0. The number of rotatable bonds is 8. The standard InChI is InChI=1S/C7H12ClN5O6S2/c8-5-11-6(9-1-3-20(14,15)16)13-7(12-5)10-2-4-21(17,18)19/h1-4H2,(H,14,15,16)(H,17,18,19)(H2,9,10,11,12,13). The fourth-order valence-electron chi connectivity index (χ4n) is 1.09. The van der Waals surface area contributed by atoms with Crippen LogP contribution in [-0.2, 0) is 20.2 Å². The maximum atomic E-state index is 10.5. The van der Waals surface area contributed by atoms with Crippen LogP contribution in [0.4, 0.5) is 11.9 Å². The molecule has 4 N–H and O–H groups in total. The monoisotopic (exact) mass is 361 g/mol. The number of anilines is 2. The Morgan fingerprint density at radius 3 is 1.57 bits per heavy atom. The maximum Gasteiger partial charge on any atom is 0.266 e. The van der Waals surface area contributed by atoms with Gasteiger partial charge in [0.05, 0.1) is 11.5 Å². The second-order valence-electron chi connectivity index (χ2n) is 3.68. The van der Waals surface area contributed by atoms with Crippen molar-refractivity contribution in [3.8, 4) is 0 Å². The molecule has 1 rings (SSSR count). The highest BCUT2D eigenvalue weighted by Crippen LogP contribution is 2.09. The number of hydrogen-bond donors (Lipinski definition) is 4. The second-order valence-corrected chi connectivity index (χ2v) is 7.16. The molecule has 0 unspecified atom stereocenters. The van der Waals surface area contributed by atoms with Crippen molar-refractivity contribution in [1.82, 2.24) is 15.0 Å². The predicted molar refractivity (Wildman–Crippen MR) is 74.6 cm³/mol. The molecule has 120 valence electrons. The quantitative estimate of drug-likeness (QED) is 0.424. The van der Waals surface area contributed by atoms with E-state index in [4.69, 9.17) is 20.7 Å². The molecule has 0 aromatic carbocycles. The number of nitrogens with zero attached hydrogens (tertiary/aromatic N) is 3. The summed E-state index contributed by atoms with van der Waals surface area (Å²) in [6.45, 7) is -0.326. The third-order valence-electron chi connectivity index (χ3n) is 1.89. The van der Waals surface area contributed by atoms with Gasteiger partial charge in [-0.1, -0.05) is 0 Å². The zero-order valence-corrected chi connectivity index (χ0v) is 12.8. The van der Waals surface area contributed by atoms with E-state index >= 15 is 0 Å². The van der Waals surface area contributed by atoms with Crippen LogP contribution < -0.4 is 10.6 Å². The van der Waals surface area contributed by atoms with Gasteiger partial charge in [0, 0.05) is 13.1 Å². The highest BCUT2D eigenvalue weighted by molar-refractivity contribution is 7.86. The molecule has 0 aliphatic carbocycles. The van der Waals surface area contributed by atoms with Crippen LogP contribution in [0.25, 0.3) is 0 Å². The first-order valence-electron chi connectivity index (χ1n) is 5.35. The summed E-state index contributed by atoms with van der Waals surface area (Å²) in [5.41, 5.74) is 0. The average molecular weight is 362 g/mol. The van der Waals surface area contributed by atoms with Crippen molar-refractivity contribution in [2.45, 2.75) is 0 Å². The molecular formula is C7H12ClN5O6S2. The number of aromatic nitrogens is 3. The first kappa shape index (κ1) is 17.8. The zero-order chi connectivity index (χ0) is 16.1. The van der Waals surface area contributed by atoms with E-state index in [1.165, 1.54) is 0 Å². The van der Waals surface area contributed by atoms with Gasteiger partial charge >= 0.3 is 0 Å². The lowest BCUT2D eigenvalue weighted by atomic mass is 10.7. The van der Waals surface area contributed by atoms with E-state index in [1.807, 2.05) is 0 Å². The fraction of sp³-hybridized carbons (Fsp3) is 0.571. The summed E-state index contributed by atoms with van der Waals surface area (Å²) >= 11 is 5.61. The normalized spacial score (nSPS) is 12.1. The highest BCUT2D eigenvalue weighted by Gasteiger charge is 2.09. The van der Waals surface area contributed by atoms with E-state index < -0.39 is 31.7 Å². The van der Waals surface area contributed by atoms with Crippen molar-refractivity contribution in [1.29, 1.82) is 0 Å². The van der Waals surface area contributed by atoms with Crippen molar-refractivity contribution in [2.75, 3.05) is 35.2 Å². The molecule has 0 atom stereocenters. The van der Waals surface area contributed by atoms with Crippen molar-refractivity contribution in [3.63, 3.8) is 0 Å². The average Bonchev–Trinajstić information content (AvgIpc) is 2.24. The largest absolute Gasteiger partial charge is 0.353 e. The van der Waals surface area contributed by atoms with Crippen LogP contribution >= 0.6 is 11.6 Å². The van der Waals surface area contributed by atoms with Gasteiger partial charge in [-0.15, -0.1) is 0 Å². The summed E-state index contributed by atoms with van der Waals surface area (Å²) in [7, 11) is -8.24. The topological polar surface area (TPSA) is 171 Å². The van der Waals surface area contributed by atoms with Gasteiger partial charge in [0.2, 0.25) is 17.2 Å². The minimum atomic E-state index is -4.12. The first-order chi connectivity index (χ1) is 9.55. The molecule has 1 heterocycles. The van der Waals surface area contributed by atoms with Gasteiger partial charge in [0.1, 0.15) is 0 Å². The van der Waals surface area contributed by atoms with Crippen LogP contribution in [0.1, 0.15) is 0 Å². The molecule has 1 aromatic heterocycles. The lowest BCUT2D eigenvalue weighted by molar-refractivity contribution is 0.481. The van der Waals surface area contributed by atoms with Gasteiger partial charge in [-0.25, -0.2) is 0 Å². The molecule has 0 bridgehead atoms. The lowest BCUT2D eigenvalue weighted by Gasteiger charge is -2.07. The molecule has 0 amide bonds. The van der Waals surface area contributed by atoms with Crippen LogP contribution in [-0.4, -0.2) is 65.5 Å². The minimum absolute atomic E-state index is 0.0620. The molecule has 0 spiro atoms. The molecule has 0 fully saturated rings. The van der Waals surface area contributed by atoms with Gasteiger partial charge < -0.3 is 10.6 Å². The molecule has 14 heteroatoms. The van der Waals surface area contributed by atoms with E-state index in [-0.39, 0.29) is 30.3 Å². The number of nitrogens with one attached hydrogen (secondary N) is 2. The zero-order valence-electron chi connectivity index (χ0n) is 10.4. The van der Waals surface area contributed by atoms with Gasteiger partial charge in [-0.2, -0.15) is 31.8 Å². The smallest absolute Gasteiger partial charge is 0.266 e. The molecule has 0 saturated heterocycles. The van der Waals surface area contributed by atoms with Crippen molar-refractivity contribution in [2.24, 2.45) is 0 Å². The molecule has 0 radical (unpaired) electrons. The SMILES string of the molecule is O=S(=O)(O)CCNc1nc(Cl)nc(NCCS(=O)(=O)O)n1. The summed E-state index contributed by atoms with van der Waals surface area (Å²) < 4.78 is 59.3. The van der Waals surface area contributed by atoms with E-state index in [2.05, 4.69) is 25.6 Å². The maximum absolute atomic E-state index is 10.5. The van der Waals surface area contributed by atoms with Crippen LogP contribution in [0.15, 0.2) is 0 Å². The van der Waals surface area contributed by atoms with Crippen molar-refractivity contribution >= 4 is 43.7 Å². The summed E-state index contributed by atoms with van der Waals surface area (Å²) in [5.74, 6) is -1.23. The van der Waals surface area contributed by atoms with E-state index in [0.717, 1.165) is 0 Å². The van der Waals surface area contributed by atoms with E-state index in [1.54, 1.807) is 0 Å². The Labute approximate surface area is 125 Å². The molecule has 1 aromatic rings. The first-order valence-corrected chi connectivity index (χ1v) is 8.94. The Balaban J connectivity index is 2.62. The summed E-state index contributed by atoms with van der Waals surface area (Å²) in [6, 6.07) is 0. The summed E-state index contributed by atoms with van der Waals surface area (Å²) in [5, 5.41) is 4.78. The van der Waals surface area contributed by atoms with Gasteiger partial charge in [0.25, 0.3) is 20.2 Å². The Morgan fingerprint density at radius 2 is 1.24 bits per heavy atom. The third-order valence-corrected chi connectivity index (χ3v) is 3.50. The van der Waals surface area contributed by atoms with Crippen LogP contribution in [0.2, 0.25) is 5.28 Å². The molecule has 11 nitrogen and oxygen atoms in total. The van der Waals surface area contributed by atoms with Crippen LogP contribution in [0.3, 0.4) is 0 Å². The number of halogens is 1. The Hall–Kier alpha value is -1.28. The molecule has 0 aliphatic rings. The lowest BCUT2D eigenvalue weighted by Crippen LogP contribution is -2.18. The molecule has 0 aliphatic heterocycles. The van der Waals surface area contributed by atoms with Gasteiger partial charge in [-0.05, 0) is 11.6 Å². The minimum Gasteiger partial charge on any atom is -0.353 e. The van der Waals surface area contributed by atoms with Crippen molar-refractivity contribution in [3.05, 3.63) is 5.28 Å². The Kier molecular flexibility index (Phi) is 6.03. The van der Waals surface area contributed by atoms with Gasteiger partial charge in [-0.3, -0.25) is 9.11 Å². The predicted octanol–water partition coefficient (Wildman–Crippen LogP) is -0.876. The van der Waals surface area contributed by atoms with Gasteiger partial charge in [0.15, 0.2) is 0 Å². The van der Waals surface area contributed by atoms with E-state index in [9.17, 15) is 16.8 Å². The third kappa shape index (κ3) is 8.56. The van der Waals surface area contributed by atoms with Crippen LogP contribution in [0.5, 0.6) is 0 Å². The fourth-order valence-corrected chi connectivity index (χ4v) is 1.97. The summed E-state index contributed by atoms with van der Waals surface area (Å²) in [4.78, 5) is 11.1.